The first-order valence-electron chi connectivity index (χ1n) is 10.7. The number of aryl methyl sites for hydroxylation is 1. The molecule has 0 saturated heterocycles. The van der Waals surface area contributed by atoms with Crippen molar-refractivity contribution in [3.8, 4) is 0 Å². The third-order valence-corrected chi connectivity index (χ3v) is 5.70. The Balaban J connectivity index is 2.50. The van der Waals surface area contributed by atoms with E-state index in [2.05, 4.69) is 41.5 Å². The number of aromatic nitrogens is 1. The molecule has 1 atom stereocenters. The van der Waals surface area contributed by atoms with Crippen molar-refractivity contribution >= 4 is 23.3 Å². The Kier molecular flexibility index (Phi) is 12.5. The van der Waals surface area contributed by atoms with Crippen molar-refractivity contribution < 1.29 is 9.53 Å². The number of guanidine groups is 1. The number of thiazole rings is 1. The predicted octanol–water partition coefficient (Wildman–Crippen LogP) is 3.76. The lowest BCUT2D eigenvalue weighted by Gasteiger charge is -2.16. The van der Waals surface area contributed by atoms with E-state index in [1.807, 2.05) is 20.8 Å². The van der Waals surface area contributed by atoms with E-state index in [1.54, 1.807) is 0 Å². The summed E-state index contributed by atoms with van der Waals surface area (Å²) in [6.45, 7) is 10.9. The monoisotopic (exact) mass is 425 g/mol. The van der Waals surface area contributed by atoms with Gasteiger partial charge in [0.05, 0.1) is 18.3 Å². The summed E-state index contributed by atoms with van der Waals surface area (Å²) in [4.78, 5) is 24.1. The molecule has 1 unspecified atom stereocenters. The number of esters is 1. The van der Waals surface area contributed by atoms with Gasteiger partial charge >= 0.3 is 5.97 Å². The van der Waals surface area contributed by atoms with Crippen LogP contribution in [0, 0.1) is 6.92 Å². The van der Waals surface area contributed by atoms with Gasteiger partial charge in [0.25, 0.3) is 0 Å². The van der Waals surface area contributed by atoms with Crippen LogP contribution in [0.5, 0.6) is 0 Å². The summed E-state index contributed by atoms with van der Waals surface area (Å²) in [5.74, 6) is 0.491. The second kappa shape index (κ2) is 14.3. The molecule has 1 aromatic heterocycles. The Morgan fingerprint density at radius 1 is 1.21 bits per heavy atom. The summed E-state index contributed by atoms with van der Waals surface area (Å²) in [5.41, 5.74) is 0.716. The highest BCUT2D eigenvalue weighted by Gasteiger charge is 2.20. The van der Waals surface area contributed by atoms with E-state index in [0.717, 1.165) is 30.5 Å². The summed E-state index contributed by atoms with van der Waals surface area (Å²) >= 11 is 1.38. The zero-order chi connectivity index (χ0) is 21.6. The fraction of sp³-hybridized carbons (Fsp3) is 0.762. The minimum Gasteiger partial charge on any atom is -0.462 e. The minimum atomic E-state index is -0.299. The van der Waals surface area contributed by atoms with E-state index in [-0.39, 0.29) is 12.0 Å². The van der Waals surface area contributed by atoms with Gasteiger partial charge in [0, 0.05) is 13.1 Å². The van der Waals surface area contributed by atoms with Gasteiger partial charge in [-0.1, -0.05) is 19.3 Å². The molecule has 0 spiro atoms. The molecular formula is C21H39N5O2S. The Hall–Kier alpha value is -1.67. The lowest BCUT2D eigenvalue weighted by Crippen LogP contribution is -2.38. The Morgan fingerprint density at radius 3 is 2.55 bits per heavy atom. The second-order valence-corrected chi connectivity index (χ2v) is 8.42. The molecule has 0 saturated carbocycles. The summed E-state index contributed by atoms with van der Waals surface area (Å²) in [6, 6.07) is -0.0364. The molecule has 0 aromatic carbocycles. The van der Waals surface area contributed by atoms with Gasteiger partial charge in [-0.15, -0.1) is 11.3 Å². The van der Waals surface area contributed by atoms with Crippen LogP contribution in [0.1, 0.15) is 79.3 Å². The van der Waals surface area contributed by atoms with Crippen LogP contribution >= 0.6 is 11.3 Å². The van der Waals surface area contributed by atoms with Gasteiger partial charge in [0.15, 0.2) is 5.96 Å². The van der Waals surface area contributed by atoms with Crippen molar-refractivity contribution in [3.05, 3.63) is 15.6 Å². The Labute approximate surface area is 180 Å². The molecule has 29 heavy (non-hydrogen) atoms. The zero-order valence-electron chi connectivity index (χ0n) is 19.0. The standard InChI is InChI=1S/C21H39N5O2S/c1-7-22-21(23-14-12-10-9-11-13-15-26(5)6)25-17(4)19-24-16(3)18(29-19)20(27)28-8-2/h17H,7-15H2,1-6H3,(H2,22,23,25). The molecule has 0 aliphatic heterocycles. The van der Waals surface area contributed by atoms with Crippen LogP contribution in [0.15, 0.2) is 4.99 Å². The van der Waals surface area contributed by atoms with Crippen LogP contribution in [-0.4, -0.2) is 62.1 Å². The van der Waals surface area contributed by atoms with E-state index in [9.17, 15) is 4.79 Å². The third kappa shape index (κ3) is 10.1. The average molecular weight is 426 g/mol. The zero-order valence-corrected chi connectivity index (χ0v) is 19.8. The fourth-order valence-electron chi connectivity index (χ4n) is 2.84. The van der Waals surface area contributed by atoms with Gasteiger partial charge < -0.3 is 20.3 Å². The maximum atomic E-state index is 12.0. The lowest BCUT2D eigenvalue weighted by molar-refractivity contribution is 0.0531. The molecule has 1 heterocycles. The molecule has 0 aliphatic carbocycles. The third-order valence-electron chi connectivity index (χ3n) is 4.38. The molecular weight excluding hydrogens is 386 g/mol. The molecule has 166 valence electrons. The molecule has 8 heteroatoms. The van der Waals surface area contributed by atoms with Crippen molar-refractivity contribution in [2.24, 2.45) is 4.99 Å². The van der Waals surface area contributed by atoms with Crippen LogP contribution in [-0.2, 0) is 4.74 Å². The lowest BCUT2D eigenvalue weighted by atomic mass is 10.1. The van der Waals surface area contributed by atoms with Crippen LogP contribution in [0.2, 0.25) is 0 Å². The first-order chi connectivity index (χ1) is 13.9. The largest absolute Gasteiger partial charge is 0.462 e. The number of carbonyl (C=O) groups is 1. The first kappa shape index (κ1) is 25.4. The smallest absolute Gasteiger partial charge is 0.350 e. The van der Waals surface area contributed by atoms with E-state index >= 15 is 0 Å². The van der Waals surface area contributed by atoms with E-state index in [1.165, 1.54) is 43.6 Å². The average Bonchev–Trinajstić information content (AvgIpc) is 3.06. The van der Waals surface area contributed by atoms with Crippen molar-refractivity contribution in [2.75, 3.05) is 40.3 Å². The summed E-state index contributed by atoms with van der Waals surface area (Å²) < 4.78 is 5.11. The van der Waals surface area contributed by atoms with Crippen molar-refractivity contribution in [1.29, 1.82) is 0 Å². The van der Waals surface area contributed by atoms with Crippen LogP contribution < -0.4 is 10.6 Å². The van der Waals surface area contributed by atoms with Gasteiger partial charge in [-0.3, -0.25) is 4.99 Å². The normalized spacial score (nSPS) is 12.9. The van der Waals surface area contributed by atoms with Gasteiger partial charge in [-0.2, -0.15) is 0 Å². The highest BCUT2D eigenvalue weighted by atomic mass is 32.1. The Bertz CT molecular complexity index is 631. The predicted molar refractivity (Wildman–Crippen MR) is 122 cm³/mol. The molecule has 1 aromatic rings. The first-order valence-corrected chi connectivity index (χ1v) is 11.5. The number of unbranched alkanes of at least 4 members (excludes halogenated alkanes) is 4. The molecule has 0 aliphatic rings. The number of hydrogen-bond acceptors (Lipinski definition) is 6. The topological polar surface area (TPSA) is 78.9 Å². The Morgan fingerprint density at radius 2 is 1.90 bits per heavy atom. The van der Waals surface area contributed by atoms with E-state index in [4.69, 9.17) is 9.73 Å². The number of ether oxygens (including phenoxy) is 1. The minimum absolute atomic E-state index is 0.0364. The molecule has 0 bridgehead atoms. The summed E-state index contributed by atoms with van der Waals surface area (Å²) in [7, 11) is 4.24. The maximum absolute atomic E-state index is 12.0. The number of carbonyl (C=O) groups excluding carboxylic acids is 1. The maximum Gasteiger partial charge on any atom is 0.350 e. The van der Waals surface area contributed by atoms with Crippen LogP contribution in [0.3, 0.4) is 0 Å². The molecule has 0 amide bonds. The van der Waals surface area contributed by atoms with E-state index in [0.29, 0.717) is 17.2 Å². The highest BCUT2D eigenvalue weighted by molar-refractivity contribution is 7.13. The van der Waals surface area contributed by atoms with E-state index < -0.39 is 0 Å². The number of nitrogens with zero attached hydrogens (tertiary/aromatic N) is 3. The molecule has 1 rings (SSSR count). The fourth-order valence-corrected chi connectivity index (χ4v) is 3.80. The second-order valence-electron chi connectivity index (χ2n) is 7.38. The van der Waals surface area contributed by atoms with Crippen LogP contribution in [0.4, 0.5) is 0 Å². The highest BCUT2D eigenvalue weighted by Crippen LogP contribution is 2.24. The molecule has 0 fully saturated rings. The van der Waals surface area contributed by atoms with Gasteiger partial charge in [-0.25, -0.2) is 9.78 Å². The number of nitrogens with one attached hydrogen (secondary N) is 2. The number of hydrogen-bond donors (Lipinski definition) is 2. The molecule has 7 nitrogen and oxygen atoms in total. The van der Waals surface area contributed by atoms with Gasteiger partial charge in [0.2, 0.25) is 0 Å². The van der Waals surface area contributed by atoms with Gasteiger partial charge in [0.1, 0.15) is 9.88 Å². The van der Waals surface area contributed by atoms with Crippen molar-refractivity contribution in [3.63, 3.8) is 0 Å². The van der Waals surface area contributed by atoms with Gasteiger partial charge in [-0.05, 0) is 61.2 Å². The van der Waals surface area contributed by atoms with Crippen molar-refractivity contribution in [1.82, 2.24) is 20.5 Å². The summed E-state index contributed by atoms with van der Waals surface area (Å²) in [6.07, 6.45) is 6.11. The van der Waals surface area contributed by atoms with Crippen molar-refractivity contribution in [2.45, 2.75) is 65.8 Å². The number of rotatable bonds is 13. The molecule has 2 N–H and O–H groups in total. The molecule has 0 radical (unpaired) electrons. The van der Waals surface area contributed by atoms with Crippen LogP contribution in [0.25, 0.3) is 0 Å². The quantitative estimate of drug-likeness (QED) is 0.217. The summed E-state index contributed by atoms with van der Waals surface area (Å²) in [5, 5.41) is 7.55. The SMILES string of the molecule is CCNC(=NCCCCCCCN(C)C)NC(C)c1nc(C)c(C(=O)OCC)s1. The number of aliphatic imine (C=N–C) groups is 1.